The van der Waals surface area contributed by atoms with E-state index in [1.807, 2.05) is 0 Å². The summed E-state index contributed by atoms with van der Waals surface area (Å²) in [5.41, 5.74) is 6.75. The van der Waals surface area contributed by atoms with Gasteiger partial charge in [-0.1, -0.05) is 0 Å². The minimum Gasteiger partial charge on any atom is -0.399 e. The number of sulfonamides is 1. The molecule has 0 spiro atoms. The van der Waals surface area contributed by atoms with E-state index in [0.29, 0.717) is 15.3 Å². The van der Waals surface area contributed by atoms with E-state index >= 15 is 0 Å². The molecule has 0 aliphatic heterocycles. The maximum atomic E-state index is 12.2. The summed E-state index contributed by atoms with van der Waals surface area (Å²) in [5.74, 6) is 0. The molecule has 0 fully saturated rings. The number of hydrogen-bond donors (Lipinski definition) is 2. The lowest BCUT2D eigenvalue weighted by Gasteiger charge is -2.07. The van der Waals surface area contributed by atoms with Crippen molar-refractivity contribution < 1.29 is 8.42 Å². The number of aryl methyl sites for hydroxylation is 1. The first kappa shape index (κ1) is 13.3. The number of aromatic nitrogens is 1. The zero-order chi connectivity index (χ0) is 13.3. The molecule has 0 radical (unpaired) electrons. The molecule has 3 N–H and O–H groups in total. The molecule has 0 aliphatic carbocycles. The van der Waals surface area contributed by atoms with E-state index in [0.717, 1.165) is 5.69 Å². The Kier molecular flexibility index (Phi) is 3.60. The summed E-state index contributed by atoms with van der Waals surface area (Å²) in [6.07, 6.45) is 0. The Bertz CT molecular complexity index is 682. The molecule has 2 aromatic rings. The number of hydrogen-bond acceptors (Lipinski definition) is 5. The topological polar surface area (TPSA) is 85.1 Å². The van der Waals surface area contributed by atoms with Gasteiger partial charge in [-0.05, 0) is 41.1 Å². The molecule has 5 nitrogen and oxygen atoms in total. The van der Waals surface area contributed by atoms with Crippen molar-refractivity contribution in [2.24, 2.45) is 0 Å². The third kappa shape index (κ3) is 2.82. The molecule has 96 valence electrons. The summed E-state index contributed by atoms with van der Waals surface area (Å²) in [6, 6.07) is 4.61. The number of nitrogens with two attached hydrogens (primary N) is 1. The van der Waals surface area contributed by atoms with Crippen molar-refractivity contribution in [2.75, 3.05) is 10.5 Å². The van der Waals surface area contributed by atoms with E-state index in [1.165, 1.54) is 17.4 Å². The van der Waals surface area contributed by atoms with E-state index in [9.17, 15) is 8.42 Å². The van der Waals surface area contributed by atoms with Crippen molar-refractivity contribution in [2.45, 2.75) is 11.8 Å². The fourth-order valence-corrected chi connectivity index (χ4v) is 4.24. The molecule has 1 heterocycles. The molecule has 1 aromatic carbocycles. The normalized spacial score (nSPS) is 11.4. The fourth-order valence-electron chi connectivity index (χ4n) is 1.30. The van der Waals surface area contributed by atoms with Crippen LogP contribution in [0.15, 0.2) is 32.9 Å². The largest absolute Gasteiger partial charge is 0.399 e. The van der Waals surface area contributed by atoms with E-state index in [-0.39, 0.29) is 4.90 Å². The minimum atomic E-state index is -3.68. The molecular formula is C10H10BrN3O2S2. The average molecular weight is 348 g/mol. The quantitative estimate of drug-likeness (QED) is 0.835. The molecule has 1 aromatic heterocycles. The SMILES string of the molecule is Cc1csc(NS(=O)(=O)c2cc(N)ccc2Br)n1. The molecule has 0 atom stereocenters. The van der Waals surface area contributed by atoms with Crippen LogP contribution in [0.25, 0.3) is 0 Å². The number of anilines is 2. The first-order valence-electron chi connectivity index (χ1n) is 4.88. The number of thiazole rings is 1. The monoisotopic (exact) mass is 347 g/mol. The molecule has 18 heavy (non-hydrogen) atoms. The molecular weight excluding hydrogens is 338 g/mol. The molecule has 0 amide bonds. The lowest BCUT2D eigenvalue weighted by molar-refractivity contribution is 0.601. The summed E-state index contributed by atoms with van der Waals surface area (Å²) in [4.78, 5) is 4.15. The summed E-state index contributed by atoms with van der Waals surface area (Å²) < 4.78 is 27.2. The Morgan fingerprint density at radius 1 is 1.44 bits per heavy atom. The number of nitrogen functional groups attached to an aromatic ring is 1. The predicted octanol–water partition coefficient (Wildman–Crippen LogP) is 2.60. The number of rotatable bonds is 3. The highest BCUT2D eigenvalue weighted by molar-refractivity contribution is 9.10. The zero-order valence-corrected chi connectivity index (χ0v) is 12.6. The minimum absolute atomic E-state index is 0.0929. The highest BCUT2D eigenvalue weighted by Gasteiger charge is 2.19. The van der Waals surface area contributed by atoms with Crippen LogP contribution in [0.2, 0.25) is 0 Å². The Labute approximate surface area is 117 Å². The van der Waals surface area contributed by atoms with Crippen LogP contribution in [0.1, 0.15) is 5.69 Å². The van der Waals surface area contributed by atoms with Gasteiger partial charge in [0.05, 0.1) is 5.69 Å². The van der Waals surface area contributed by atoms with Gasteiger partial charge in [-0.15, -0.1) is 11.3 Å². The number of nitrogens with one attached hydrogen (secondary N) is 1. The Hall–Kier alpha value is -1.12. The van der Waals surface area contributed by atoms with Crippen LogP contribution < -0.4 is 10.5 Å². The molecule has 2 rings (SSSR count). The van der Waals surface area contributed by atoms with Gasteiger partial charge in [0.1, 0.15) is 4.90 Å². The van der Waals surface area contributed by atoms with E-state index in [4.69, 9.17) is 5.73 Å². The Morgan fingerprint density at radius 2 is 2.17 bits per heavy atom. The van der Waals surface area contributed by atoms with Gasteiger partial charge in [0.25, 0.3) is 10.0 Å². The maximum absolute atomic E-state index is 12.2. The number of nitrogens with zero attached hydrogens (tertiary/aromatic N) is 1. The first-order chi connectivity index (χ1) is 8.38. The van der Waals surface area contributed by atoms with Crippen LogP contribution in [0.3, 0.4) is 0 Å². The van der Waals surface area contributed by atoms with Crippen molar-refractivity contribution in [3.05, 3.63) is 33.7 Å². The van der Waals surface area contributed by atoms with Gasteiger partial charge >= 0.3 is 0 Å². The highest BCUT2D eigenvalue weighted by atomic mass is 79.9. The van der Waals surface area contributed by atoms with Crippen molar-refractivity contribution in [1.29, 1.82) is 0 Å². The lowest BCUT2D eigenvalue weighted by Crippen LogP contribution is -2.13. The summed E-state index contributed by atoms with van der Waals surface area (Å²) in [6.45, 7) is 1.80. The smallest absolute Gasteiger partial charge is 0.264 e. The second-order valence-corrected chi connectivity index (χ2v) is 6.95. The van der Waals surface area contributed by atoms with Gasteiger partial charge in [-0.25, -0.2) is 13.4 Å². The van der Waals surface area contributed by atoms with E-state index in [1.54, 1.807) is 24.4 Å². The van der Waals surface area contributed by atoms with Gasteiger partial charge in [0, 0.05) is 15.5 Å². The average Bonchev–Trinajstić information content (AvgIpc) is 2.66. The molecule has 0 bridgehead atoms. The third-order valence-electron chi connectivity index (χ3n) is 2.09. The van der Waals surface area contributed by atoms with E-state index in [2.05, 4.69) is 25.6 Å². The van der Waals surface area contributed by atoms with Crippen LogP contribution in [0.4, 0.5) is 10.8 Å². The standard InChI is InChI=1S/C10H10BrN3O2S2/c1-6-5-17-10(13-6)14-18(15,16)9-4-7(12)2-3-8(9)11/h2-5H,12H2,1H3,(H,13,14). The van der Waals surface area contributed by atoms with E-state index < -0.39 is 10.0 Å². The van der Waals surface area contributed by atoms with Crippen molar-refractivity contribution in [1.82, 2.24) is 4.98 Å². The highest BCUT2D eigenvalue weighted by Crippen LogP contribution is 2.27. The lowest BCUT2D eigenvalue weighted by atomic mass is 10.3. The van der Waals surface area contributed by atoms with Gasteiger partial charge < -0.3 is 5.73 Å². The van der Waals surface area contributed by atoms with Crippen LogP contribution in [-0.4, -0.2) is 13.4 Å². The van der Waals surface area contributed by atoms with Crippen molar-refractivity contribution in [3.63, 3.8) is 0 Å². The third-order valence-corrected chi connectivity index (χ3v) is 5.42. The predicted molar refractivity (Wildman–Crippen MR) is 76.2 cm³/mol. The van der Waals surface area contributed by atoms with Gasteiger partial charge in [0.2, 0.25) is 0 Å². The maximum Gasteiger partial charge on any atom is 0.264 e. The van der Waals surface area contributed by atoms with Crippen LogP contribution in [0, 0.1) is 6.92 Å². The fraction of sp³-hybridized carbons (Fsp3) is 0.100. The van der Waals surface area contributed by atoms with Crippen LogP contribution in [-0.2, 0) is 10.0 Å². The van der Waals surface area contributed by atoms with Crippen molar-refractivity contribution in [3.8, 4) is 0 Å². The number of benzene rings is 1. The summed E-state index contributed by atoms with van der Waals surface area (Å²) in [7, 11) is -3.68. The second-order valence-electron chi connectivity index (χ2n) is 3.59. The summed E-state index contributed by atoms with van der Waals surface area (Å²) >= 11 is 4.43. The molecule has 0 saturated carbocycles. The summed E-state index contributed by atoms with van der Waals surface area (Å²) in [5, 5.41) is 2.11. The van der Waals surface area contributed by atoms with Crippen molar-refractivity contribution >= 4 is 48.1 Å². The molecule has 0 saturated heterocycles. The Balaban J connectivity index is 2.39. The zero-order valence-electron chi connectivity index (χ0n) is 9.34. The van der Waals surface area contributed by atoms with Crippen LogP contribution in [0.5, 0.6) is 0 Å². The molecule has 0 aliphatic rings. The molecule has 0 unspecified atom stereocenters. The molecule has 8 heteroatoms. The first-order valence-corrected chi connectivity index (χ1v) is 8.04. The Morgan fingerprint density at radius 3 is 2.78 bits per heavy atom. The second kappa shape index (κ2) is 4.87. The van der Waals surface area contributed by atoms with Crippen LogP contribution >= 0.6 is 27.3 Å². The van der Waals surface area contributed by atoms with Gasteiger partial charge in [-0.2, -0.15) is 0 Å². The van der Waals surface area contributed by atoms with Gasteiger partial charge in [-0.3, -0.25) is 4.72 Å². The van der Waals surface area contributed by atoms with Gasteiger partial charge in [0.15, 0.2) is 5.13 Å². The number of halogens is 1.